The first-order valence-corrected chi connectivity index (χ1v) is 8.78. The summed E-state index contributed by atoms with van der Waals surface area (Å²) in [5, 5.41) is 24.5. The van der Waals surface area contributed by atoms with E-state index in [1.54, 1.807) is 0 Å². The number of hydrogen-bond acceptors (Lipinski definition) is 7. The number of fused-ring (bicyclic) bond motifs is 1. The van der Waals surface area contributed by atoms with Gasteiger partial charge in [0.15, 0.2) is 0 Å². The summed E-state index contributed by atoms with van der Waals surface area (Å²) < 4.78 is 0. The number of carbonyl (C=O) groups is 3. The number of nitrogens with two attached hydrogens (primary N) is 1. The number of amides is 2. The van der Waals surface area contributed by atoms with Crippen LogP contribution in [0.2, 0.25) is 0 Å². The first-order valence-electron chi connectivity index (χ1n) is 8.78. The molecule has 0 heterocycles. The van der Waals surface area contributed by atoms with Crippen LogP contribution in [0, 0.1) is 17.8 Å². The van der Waals surface area contributed by atoms with Gasteiger partial charge in [0.25, 0.3) is 0 Å². The molecule has 0 spiro atoms. The van der Waals surface area contributed by atoms with Gasteiger partial charge in [0.1, 0.15) is 11.6 Å². The molecule has 0 unspecified atom stereocenters. The lowest BCUT2D eigenvalue weighted by Crippen LogP contribution is -2.60. The van der Waals surface area contributed by atoms with Crippen LogP contribution < -0.4 is 16.4 Å². The molecule has 2 fully saturated rings. The molecule has 10 nitrogen and oxygen atoms in total. The van der Waals surface area contributed by atoms with Crippen molar-refractivity contribution in [3.05, 3.63) is 0 Å². The fraction of sp³-hybridized carbons (Fsp3) is 0.765. The molecule has 6 atom stereocenters. The summed E-state index contributed by atoms with van der Waals surface area (Å²) in [7, 11) is 0. The zero-order valence-electron chi connectivity index (χ0n) is 15.6. The van der Waals surface area contributed by atoms with Gasteiger partial charge in [0, 0.05) is 6.42 Å². The molecule has 0 aromatic carbocycles. The van der Waals surface area contributed by atoms with E-state index in [1.807, 2.05) is 13.8 Å². The first kappa shape index (κ1) is 22.8. The smallest absolute Gasteiger partial charge is 0.373 e. The molecule has 2 saturated carbocycles. The van der Waals surface area contributed by atoms with Crippen LogP contribution in [-0.4, -0.2) is 57.9 Å². The van der Waals surface area contributed by atoms with Crippen LogP contribution in [-0.2, 0) is 24.0 Å². The standard InChI is InChI=1S/C16H27N3O5.CO2/c1-7(2)4-11(17)14(22)18-8(3)13(21)19-16(15(23)24)6-12(20)9-5-10(9)16;2-1-3/h7-12,20H,4-6,17H2,1-3H3,(H,18,22)(H,19,21)(H,23,24);/t8-,9-,10+,11-,12-,16-;/m0./s1. The molecule has 6 N–H and O–H groups in total. The maximum Gasteiger partial charge on any atom is 0.373 e. The summed E-state index contributed by atoms with van der Waals surface area (Å²) in [6, 6.07) is -1.61. The quantitative estimate of drug-likeness (QED) is 0.356. The minimum Gasteiger partial charge on any atom is -0.479 e. The maximum atomic E-state index is 12.3. The summed E-state index contributed by atoms with van der Waals surface area (Å²) in [6.45, 7) is 5.37. The highest BCUT2D eigenvalue weighted by Gasteiger charge is 2.67. The first-order chi connectivity index (χ1) is 12.5. The Morgan fingerprint density at radius 1 is 1.22 bits per heavy atom. The third-order valence-corrected chi connectivity index (χ3v) is 5.04. The lowest BCUT2D eigenvalue weighted by molar-refractivity contribution is -0.191. The second-order valence-corrected chi connectivity index (χ2v) is 7.59. The van der Waals surface area contributed by atoms with Gasteiger partial charge in [-0.05, 0) is 37.5 Å². The molecule has 0 aromatic rings. The van der Waals surface area contributed by atoms with Gasteiger partial charge in [-0.3, -0.25) is 9.59 Å². The molecule has 0 aliphatic heterocycles. The molecule has 2 aliphatic rings. The Hall–Kier alpha value is -2.29. The molecule has 152 valence electrons. The Morgan fingerprint density at radius 2 is 1.78 bits per heavy atom. The average Bonchev–Trinajstić information content (AvgIpc) is 3.30. The zero-order chi connectivity index (χ0) is 20.9. The Morgan fingerprint density at radius 3 is 2.15 bits per heavy atom. The van der Waals surface area contributed by atoms with Gasteiger partial charge >= 0.3 is 12.1 Å². The lowest BCUT2D eigenvalue weighted by atomic mass is 9.92. The molecular weight excluding hydrogens is 358 g/mol. The molecule has 27 heavy (non-hydrogen) atoms. The maximum absolute atomic E-state index is 12.3. The monoisotopic (exact) mass is 385 g/mol. The average molecular weight is 385 g/mol. The van der Waals surface area contributed by atoms with E-state index in [9.17, 15) is 24.6 Å². The van der Waals surface area contributed by atoms with E-state index in [2.05, 4.69) is 10.6 Å². The summed E-state index contributed by atoms with van der Waals surface area (Å²) in [5.74, 6) is -2.23. The normalized spacial score (nSPS) is 30.1. The number of hydrogen-bond donors (Lipinski definition) is 5. The summed E-state index contributed by atoms with van der Waals surface area (Å²) in [4.78, 5) is 52.3. The van der Waals surface area contributed by atoms with Crippen molar-refractivity contribution in [1.29, 1.82) is 0 Å². The predicted octanol–water partition coefficient (Wildman–Crippen LogP) is -1.38. The number of carboxylic acids is 1. The Bertz CT molecular complexity index is 618. The zero-order valence-corrected chi connectivity index (χ0v) is 15.6. The number of carboxylic acid groups (broad SMARTS) is 1. The van der Waals surface area contributed by atoms with E-state index < -0.39 is 41.5 Å². The largest absolute Gasteiger partial charge is 0.479 e. The van der Waals surface area contributed by atoms with Gasteiger partial charge < -0.3 is 26.6 Å². The Balaban J connectivity index is 0.00000114. The van der Waals surface area contributed by atoms with E-state index in [0.717, 1.165) is 0 Å². The Kier molecular flexibility index (Phi) is 7.65. The van der Waals surface area contributed by atoms with E-state index in [0.29, 0.717) is 12.8 Å². The summed E-state index contributed by atoms with van der Waals surface area (Å²) in [5.41, 5.74) is 4.34. The SMILES string of the molecule is CC(C)C[C@H](N)C(=O)N[C@@H](C)C(=O)N[C@@]1(C(=O)O)C[C@H](O)[C@H]2C[C@H]21.O=C=O. The van der Waals surface area contributed by atoms with Gasteiger partial charge in [-0.1, -0.05) is 13.8 Å². The van der Waals surface area contributed by atoms with Gasteiger partial charge in [0.05, 0.1) is 12.1 Å². The van der Waals surface area contributed by atoms with Crippen molar-refractivity contribution in [1.82, 2.24) is 10.6 Å². The summed E-state index contributed by atoms with van der Waals surface area (Å²) >= 11 is 0. The van der Waals surface area contributed by atoms with Crippen molar-refractivity contribution in [3.63, 3.8) is 0 Å². The van der Waals surface area contributed by atoms with E-state index in [4.69, 9.17) is 15.3 Å². The van der Waals surface area contributed by atoms with Crippen LogP contribution >= 0.6 is 0 Å². The molecular formula is C17H27N3O7. The molecule has 2 rings (SSSR count). The van der Waals surface area contributed by atoms with Crippen molar-refractivity contribution in [2.75, 3.05) is 0 Å². The van der Waals surface area contributed by atoms with Crippen molar-refractivity contribution in [3.8, 4) is 0 Å². The van der Waals surface area contributed by atoms with Gasteiger partial charge in [-0.25, -0.2) is 4.79 Å². The number of rotatable bonds is 7. The number of nitrogens with one attached hydrogen (secondary N) is 2. The molecule has 0 saturated heterocycles. The number of carbonyl (C=O) groups excluding carboxylic acids is 4. The highest BCUT2D eigenvalue weighted by Crippen LogP contribution is 2.57. The number of aliphatic hydroxyl groups is 1. The number of aliphatic carboxylic acids is 1. The predicted molar refractivity (Wildman–Crippen MR) is 90.8 cm³/mol. The molecule has 0 radical (unpaired) electrons. The third-order valence-electron chi connectivity index (χ3n) is 5.04. The van der Waals surface area contributed by atoms with E-state index in [-0.39, 0.29) is 30.3 Å². The topological polar surface area (TPSA) is 176 Å². The molecule has 0 aromatic heterocycles. The van der Waals surface area contributed by atoms with Crippen LogP contribution in [0.15, 0.2) is 0 Å². The minimum absolute atomic E-state index is 0.00304. The highest BCUT2D eigenvalue weighted by atomic mass is 16.4. The molecule has 10 heteroatoms. The fourth-order valence-corrected chi connectivity index (χ4v) is 3.61. The van der Waals surface area contributed by atoms with Crippen molar-refractivity contribution in [2.45, 2.75) is 63.8 Å². The van der Waals surface area contributed by atoms with Crippen LogP contribution in [0.25, 0.3) is 0 Å². The van der Waals surface area contributed by atoms with E-state index in [1.165, 1.54) is 6.92 Å². The van der Waals surface area contributed by atoms with E-state index >= 15 is 0 Å². The van der Waals surface area contributed by atoms with Gasteiger partial charge in [-0.15, -0.1) is 0 Å². The van der Waals surface area contributed by atoms with Crippen molar-refractivity contribution < 1.29 is 34.2 Å². The van der Waals surface area contributed by atoms with Crippen LogP contribution in [0.4, 0.5) is 0 Å². The van der Waals surface area contributed by atoms with Gasteiger partial charge in [0.2, 0.25) is 11.8 Å². The minimum atomic E-state index is -1.44. The van der Waals surface area contributed by atoms with Crippen molar-refractivity contribution >= 4 is 23.9 Å². The van der Waals surface area contributed by atoms with Crippen LogP contribution in [0.5, 0.6) is 0 Å². The molecule has 0 bridgehead atoms. The van der Waals surface area contributed by atoms with Crippen molar-refractivity contribution in [2.24, 2.45) is 23.5 Å². The van der Waals surface area contributed by atoms with Crippen LogP contribution in [0.1, 0.15) is 40.0 Å². The lowest BCUT2D eigenvalue weighted by Gasteiger charge is -2.30. The van der Waals surface area contributed by atoms with Gasteiger partial charge in [-0.2, -0.15) is 9.59 Å². The second-order valence-electron chi connectivity index (χ2n) is 7.59. The highest BCUT2D eigenvalue weighted by molar-refractivity contribution is 5.93. The second kappa shape index (κ2) is 9.07. The third kappa shape index (κ3) is 5.35. The molecule has 2 amide bonds. The molecule has 2 aliphatic carbocycles. The Labute approximate surface area is 156 Å². The summed E-state index contributed by atoms with van der Waals surface area (Å²) in [6.07, 6.45) is 0.621. The number of aliphatic hydroxyl groups excluding tert-OH is 1. The van der Waals surface area contributed by atoms with Crippen LogP contribution in [0.3, 0.4) is 0 Å². The fourth-order valence-electron chi connectivity index (χ4n) is 3.61.